The Morgan fingerprint density at radius 1 is 1.08 bits per heavy atom. The third kappa shape index (κ3) is 4.56. The van der Waals surface area contributed by atoms with Crippen molar-refractivity contribution in [3.63, 3.8) is 0 Å². The lowest BCUT2D eigenvalue weighted by atomic mass is 10.1. The molecule has 188 valence electrons. The molecule has 1 aromatic carbocycles. The molecule has 11 heteroatoms. The molecule has 0 saturated carbocycles. The van der Waals surface area contributed by atoms with E-state index in [1.165, 1.54) is 11.3 Å². The van der Waals surface area contributed by atoms with Crippen molar-refractivity contribution in [1.82, 2.24) is 29.0 Å². The lowest BCUT2D eigenvalue weighted by molar-refractivity contribution is -0.132. The molecule has 8 nitrogen and oxygen atoms in total. The summed E-state index contributed by atoms with van der Waals surface area (Å²) >= 11 is 13.6. The van der Waals surface area contributed by atoms with E-state index in [1.54, 1.807) is 21.2 Å². The van der Waals surface area contributed by atoms with Gasteiger partial charge < -0.3 is 9.80 Å². The number of fused-ring (bicyclic) bond motifs is 1. The van der Waals surface area contributed by atoms with Crippen molar-refractivity contribution in [3.8, 4) is 16.9 Å². The summed E-state index contributed by atoms with van der Waals surface area (Å²) in [6, 6.07) is 7.12. The first-order chi connectivity index (χ1) is 17.3. The quantitative estimate of drug-likeness (QED) is 0.375. The fourth-order valence-corrected chi connectivity index (χ4v) is 5.80. The third-order valence-corrected chi connectivity index (χ3v) is 8.23. The van der Waals surface area contributed by atoms with Crippen LogP contribution in [0.4, 0.5) is 0 Å². The van der Waals surface area contributed by atoms with Crippen LogP contribution in [0, 0.1) is 13.8 Å². The normalized spacial score (nSPS) is 14.6. The van der Waals surface area contributed by atoms with Gasteiger partial charge in [-0.3, -0.25) is 14.0 Å². The highest BCUT2D eigenvalue weighted by Gasteiger charge is 2.24. The Balaban J connectivity index is 1.50. The number of benzene rings is 1. The average molecular weight is 545 g/mol. The van der Waals surface area contributed by atoms with Gasteiger partial charge in [-0.2, -0.15) is 5.10 Å². The summed E-state index contributed by atoms with van der Waals surface area (Å²) < 4.78 is 3.28. The molecule has 4 heterocycles. The highest BCUT2D eigenvalue weighted by Crippen LogP contribution is 2.27. The van der Waals surface area contributed by atoms with Gasteiger partial charge in [-0.15, -0.1) is 11.3 Å². The Morgan fingerprint density at radius 2 is 1.83 bits per heavy atom. The molecule has 1 aliphatic heterocycles. The minimum Gasteiger partial charge on any atom is -0.340 e. The first kappa shape index (κ1) is 25.0. The van der Waals surface area contributed by atoms with Gasteiger partial charge in [-0.1, -0.05) is 30.1 Å². The van der Waals surface area contributed by atoms with Gasteiger partial charge in [0.25, 0.3) is 5.56 Å². The molecule has 4 aromatic rings. The number of hydrogen-bond donors (Lipinski definition) is 0. The van der Waals surface area contributed by atoms with E-state index in [2.05, 4.69) is 16.8 Å². The number of piperazine rings is 1. The average Bonchev–Trinajstić information content (AvgIpc) is 3.44. The maximum atomic E-state index is 13.7. The van der Waals surface area contributed by atoms with E-state index in [1.807, 2.05) is 36.3 Å². The van der Waals surface area contributed by atoms with Crippen molar-refractivity contribution in [2.75, 3.05) is 32.7 Å². The SMILES string of the molecule is CCN1CCN(C(=O)Cc2csc3nc(C)c(-c4cc(C)n(-c5ccc(Cl)c(Cl)c5)n4)c(=O)n23)CC1. The van der Waals surface area contributed by atoms with E-state index < -0.39 is 0 Å². The fourth-order valence-electron chi connectivity index (χ4n) is 4.58. The molecule has 0 unspecified atom stereocenters. The monoisotopic (exact) mass is 544 g/mol. The van der Waals surface area contributed by atoms with E-state index in [-0.39, 0.29) is 17.9 Å². The van der Waals surface area contributed by atoms with Crippen LogP contribution >= 0.6 is 34.5 Å². The summed E-state index contributed by atoms with van der Waals surface area (Å²) in [5.74, 6) is 0.0271. The molecular formula is C25H26Cl2N6O2S. The number of aromatic nitrogens is 4. The third-order valence-electron chi connectivity index (χ3n) is 6.62. The predicted octanol–water partition coefficient (Wildman–Crippen LogP) is 4.24. The molecule has 0 bridgehead atoms. The number of hydrogen-bond acceptors (Lipinski definition) is 6. The van der Waals surface area contributed by atoms with Crippen molar-refractivity contribution < 1.29 is 4.79 Å². The number of thiazole rings is 1. The zero-order valence-electron chi connectivity index (χ0n) is 20.3. The molecule has 0 radical (unpaired) electrons. The molecule has 5 rings (SSSR count). The number of likely N-dealkylation sites (N-methyl/N-ethyl adjacent to an activating group) is 1. The Kier molecular flexibility index (Phi) is 6.91. The standard InChI is InChI=1S/C25H26Cl2N6O2S/c1-4-30-7-9-31(10-8-30)22(34)13-18-14-36-25-28-16(3)23(24(35)32(18)25)21-11-15(2)33(29-21)17-5-6-19(26)20(27)12-17/h5-6,11-12,14H,4,7-10,13H2,1-3H3. The van der Waals surface area contributed by atoms with Gasteiger partial charge in [-0.05, 0) is 44.7 Å². The van der Waals surface area contributed by atoms with Gasteiger partial charge in [0.1, 0.15) is 5.69 Å². The van der Waals surface area contributed by atoms with E-state index in [0.29, 0.717) is 50.7 Å². The van der Waals surface area contributed by atoms with Gasteiger partial charge in [-0.25, -0.2) is 9.67 Å². The lowest BCUT2D eigenvalue weighted by Gasteiger charge is -2.34. The summed E-state index contributed by atoms with van der Waals surface area (Å²) in [6.07, 6.45) is 0.160. The maximum Gasteiger partial charge on any atom is 0.268 e. The summed E-state index contributed by atoms with van der Waals surface area (Å²) in [7, 11) is 0. The number of carbonyl (C=O) groups is 1. The van der Waals surface area contributed by atoms with Gasteiger partial charge in [0.2, 0.25) is 5.91 Å². The molecule has 36 heavy (non-hydrogen) atoms. The summed E-state index contributed by atoms with van der Waals surface area (Å²) in [5.41, 5.74) is 3.52. The number of amides is 1. The first-order valence-corrected chi connectivity index (χ1v) is 13.4. The molecule has 1 aliphatic rings. The van der Waals surface area contributed by atoms with Crippen LogP contribution in [0.2, 0.25) is 10.0 Å². The van der Waals surface area contributed by atoms with E-state index >= 15 is 0 Å². The lowest BCUT2D eigenvalue weighted by Crippen LogP contribution is -2.49. The molecule has 1 fully saturated rings. The van der Waals surface area contributed by atoms with Crippen LogP contribution in [0.1, 0.15) is 24.0 Å². The van der Waals surface area contributed by atoms with E-state index in [0.717, 1.165) is 31.0 Å². The molecular weight excluding hydrogens is 519 g/mol. The van der Waals surface area contributed by atoms with Crippen LogP contribution in [-0.4, -0.2) is 67.6 Å². The van der Waals surface area contributed by atoms with Crippen LogP contribution < -0.4 is 5.56 Å². The molecule has 0 spiro atoms. The number of carbonyl (C=O) groups excluding carboxylic acids is 1. The van der Waals surface area contributed by atoms with Crippen LogP contribution in [0.5, 0.6) is 0 Å². The number of nitrogens with zero attached hydrogens (tertiary/aromatic N) is 6. The van der Waals surface area contributed by atoms with E-state index in [4.69, 9.17) is 28.3 Å². The topological polar surface area (TPSA) is 75.7 Å². The summed E-state index contributed by atoms with van der Waals surface area (Å²) in [4.78, 5) is 36.2. The minimum atomic E-state index is -0.226. The highest BCUT2D eigenvalue weighted by molar-refractivity contribution is 7.15. The maximum absolute atomic E-state index is 13.7. The number of rotatable bonds is 5. The Bertz CT molecular complexity index is 1520. The zero-order chi connectivity index (χ0) is 25.6. The Morgan fingerprint density at radius 3 is 2.53 bits per heavy atom. The van der Waals surface area contributed by atoms with Crippen LogP contribution in [0.25, 0.3) is 21.9 Å². The largest absolute Gasteiger partial charge is 0.340 e. The second-order valence-electron chi connectivity index (χ2n) is 8.90. The molecule has 1 amide bonds. The molecule has 0 aliphatic carbocycles. The van der Waals surface area contributed by atoms with Crippen LogP contribution in [-0.2, 0) is 11.2 Å². The van der Waals surface area contributed by atoms with Gasteiger partial charge >= 0.3 is 0 Å². The number of aryl methyl sites for hydroxylation is 2. The predicted molar refractivity (Wildman–Crippen MR) is 144 cm³/mol. The number of halogens is 2. The Hall–Kier alpha value is -2.72. The molecule has 1 saturated heterocycles. The van der Waals surface area contributed by atoms with Gasteiger partial charge in [0.15, 0.2) is 4.96 Å². The van der Waals surface area contributed by atoms with Gasteiger partial charge in [0.05, 0.1) is 33.4 Å². The summed E-state index contributed by atoms with van der Waals surface area (Å²) in [5, 5.41) is 7.44. The van der Waals surface area contributed by atoms with E-state index in [9.17, 15) is 9.59 Å². The molecule has 0 atom stereocenters. The highest BCUT2D eigenvalue weighted by atomic mass is 35.5. The Labute approximate surface area is 222 Å². The van der Waals surface area contributed by atoms with Crippen molar-refractivity contribution in [2.24, 2.45) is 0 Å². The van der Waals surface area contributed by atoms with Gasteiger partial charge in [0, 0.05) is 42.9 Å². The van der Waals surface area contributed by atoms with Crippen molar-refractivity contribution in [1.29, 1.82) is 0 Å². The second-order valence-corrected chi connectivity index (χ2v) is 10.5. The first-order valence-electron chi connectivity index (χ1n) is 11.8. The minimum absolute atomic E-state index is 0.0271. The van der Waals surface area contributed by atoms with Crippen molar-refractivity contribution >= 4 is 45.4 Å². The fraction of sp³-hybridized carbons (Fsp3) is 0.360. The molecule has 3 aromatic heterocycles. The second kappa shape index (κ2) is 9.97. The zero-order valence-corrected chi connectivity index (χ0v) is 22.6. The summed E-state index contributed by atoms with van der Waals surface area (Å²) in [6.45, 7) is 9.99. The molecule has 0 N–H and O–H groups in total. The van der Waals surface area contributed by atoms with Crippen molar-refractivity contribution in [3.05, 3.63) is 67.1 Å². The van der Waals surface area contributed by atoms with Crippen molar-refractivity contribution in [2.45, 2.75) is 27.2 Å². The smallest absolute Gasteiger partial charge is 0.268 e. The van der Waals surface area contributed by atoms with Crippen LogP contribution in [0.15, 0.2) is 34.4 Å². The van der Waals surface area contributed by atoms with Crippen LogP contribution in [0.3, 0.4) is 0 Å².